The first kappa shape index (κ1) is 10.4. The third-order valence-electron chi connectivity index (χ3n) is 1.74. The molecule has 1 fully saturated rings. The monoisotopic (exact) mass is 201 g/mol. The van der Waals surface area contributed by atoms with Crippen molar-refractivity contribution in [1.82, 2.24) is 10.2 Å². The smallest absolute Gasteiger partial charge is 0.323 e. The second kappa shape index (κ2) is 5.11. The van der Waals surface area contributed by atoms with Crippen molar-refractivity contribution in [3.63, 3.8) is 0 Å². The van der Waals surface area contributed by atoms with Crippen LogP contribution in [-0.2, 0) is 0 Å². The van der Waals surface area contributed by atoms with E-state index >= 15 is 0 Å². The van der Waals surface area contributed by atoms with Gasteiger partial charge in [0.25, 0.3) is 0 Å². The average molecular weight is 201 g/mol. The fourth-order valence-corrected chi connectivity index (χ4v) is 2.16. The summed E-state index contributed by atoms with van der Waals surface area (Å²) in [5.41, 5.74) is 0. The lowest BCUT2D eigenvalue weighted by Crippen LogP contribution is -2.44. The van der Waals surface area contributed by atoms with Crippen molar-refractivity contribution >= 4 is 23.0 Å². The van der Waals surface area contributed by atoms with Crippen LogP contribution in [0.15, 0.2) is 4.99 Å². The highest BCUT2D eigenvalue weighted by molar-refractivity contribution is 8.13. The number of aliphatic imine (C=N–C) groups is 1. The third-order valence-corrected chi connectivity index (χ3v) is 2.84. The number of nitrogens with zero attached hydrogens (tertiary/aromatic N) is 2. The number of amides is 2. The van der Waals surface area contributed by atoms with Crippen LogP contribution < -0.4 is 5.32 Å². The lowest BCUT2D eigenvalue weighted by atomic mass is 10.4. The fraction of sp³-hybridized carbons (Fsp3) is 0.750. The molecule has 74 valence electrons. The summed E-state index contributed by atoms with van der Waals surface area (Å²) in [5.74, 6) is 1.06. The molecule has 0 saturated carbocycles. The second-order valence-corrected chi connectivity index (χ2v) is 3.73. The molecule has 0 unspecified atom stereocenters. The van der Waals surface area contributed by atoms with Crippen LogP contribution >= 0.6 is 11.8 Å². The summed E-state index contributed by atoms with van der Waals surface area (Å²) in [6, 6.07) is -0.0561. The van der Waals surface area contributed by atoms with Crippen molar-refractivity contribution in [3.8, 4) is 0 Å². The number of thioether (sulfide) groups is 1. The molecule has 4 nitrogen and oxygen atoms in total. The van der Waals surface area contributed by atoms with Crippen LogP contribution in [0.1, 0.15) is 13.3 Å². The molecule has 0 aromatic heterocycles. The van der Waals surface area contributed by atoms with Gasteiger partial charge in [0, 0.05) is 25.9 Å². The van der Waals surface area contributed by atoms with Gasteiger partial charge in [-0.1, -0.05) is 11.8 Å². The van der Waals surface area contributed by atoms with E-state index in [1.165, 1.54) is 0 Å². The number of urea groups is 1. The van der Waals surface area contributed by atoms with E-state index in [0.29, 0.717) is 0 Å². The molecular weight excluding hydrogens is 186 g/mol. The van der Waals surface area contributed by atoms with Crippen LogP contribution in [0.4, 0.5) is 4.79 Å². The zero-order chi connectivity index (χ0) is 9.68. The first-order valence-corrected chi connectivity index (χ1v) is 5.44. The number of carbonyl (C=O) groups is 1. The molecule has 2 amide bonds. The Labute approximate surface area is 82.8 Å². The minimum absolute atomic E-state index is 0.0561. The van der Waals surface area contributed by atoms with Gasteiger partial charge in [0.05, 0.1) is 0 Å². The van der Waals surface area contributed by atoms with Gasteiger partial charge in [0.1, 0.15) is 0 Å². The zero-order valence-corrected chi connectivity index (χ0v) is 8.86. The Morgan fingerprint density at radius 3 is 3.15 bits per heavy atom. The molecule has 0 spiro atoms. The van der Waals surface area contributed by atoms with Crippen LogP contribution in [0.3, 0.4) is 0 Å². The number of nitrogens with one attached hydrogen (secondary N) is 1. The van der Waals surface area contributed by atoms with Crippen molar-refractivity contribution in [2.24, 2.45) is 4.99 Å². The summed E-state index contributed by atoms with van der Waals surface area (Å²) in [6.45, 7) is 3.49. The average Bonchev–Trinajstić information content (AvgIpc) is 2.18. The van der Waals surface area contributed by atoms with Gasteiger partial charge in [-0.15, -0.1) is 0 Å². The SMILES string of the molecule is CCN=C1SCCCN1C(=O)NC. The molecule has 5 heteroatoms. The number of amidine groups is 1. The van der Waals surface area contributed by atoms with E-state index in [2.05, 4.69) is 10.3 Å². The van der Waals surface area contributed by atoms with Crippen LogP contribution in [0.25, 0.3) is 0 Å². The maximum absolute atomic E-state index is 11.4. The van der Waals surface area contributed by atoms with E-state index in [1.807, 2.05) is 6.92 Å². The number of hydrogen-bond acceptors (Lipinski definition) is 3. The van der Waals surface area contributed by atoms with E-state index in [4.69, 9.17) is 0 Å². The fourth-order valence-electron chi connectivity index (χ4n) is 1.15. The largest absolute Gasteiger partial charge is 0.341 e. The molecule has 1 N–H and O–H groups in total. The van der Waals surface area contributed by atoms with Crippen LogP contribution in [0.2, 0.25) is 0 Å². The van der Waals surface area contributed by atoms with Gasteiger partial charge in [0.15, 0.2) is 5.17 Å². The highest BCUT2D eigenvalue weighted by Gasteiger charge is 2.21. The van der Waals surface area contributed by atoms with Crippen molar-refractivity contribution in [3.05, 3.63) is 0 Å². The van der Waals surface area contributed by atoms with E-state index < -0.39 is 0 Å². The number of carbonyl (C=O) groups excluding carboxylic acids is 1. The van der Waals surface area contributed by atoms with E-state index in [0.717, 1.165) is 30.4 Å². The quantitative estimate of drug-likeness (QED) is 0.691. The van der Waals surface area contributed by atoms with Gasteiger partial charge >= 0.3 is 6.03 Å². The molecular formula is C8H15N3OS. The molecule has 0 aromatic rings. The Balaban J connectivity index is 2.67. The molecule has 0 atom stereocenters. The van der Waals surface area contributed by atoms with Gasteiger partial charge in [-0.2, -0.15) is 0 Å². The van der Waals surface area contributed by atoms with Gasteiger partial charge in [0.2, 0.25) is 0 Å². The summed E-state index contributed by atoms with van der Waals surface area (Å²) in [6.07, 6.45) is 1.04. The van der Waals surface area contributed by atoms with Crippen molar-refractivity contribution in [2.75, 3.05) is 25.9 Å². The summed E-state index contributed by atoms with van der Waals surface area (Å²) in [5, 5.41) is 3.47. The van der Waals surface area contributed by atoms with Gasteiger partial charge in [-0.3, -0.25) is 9.89 Å². The Morgan fingerprint density at radius 1 is 1.77 bits per heavy atom. The maximum atomic E-state index is 11.4. The van der Waals surface area contributed by atoms with Gasteiger partial charge in [-0.05, 0) is 13.3 Å². The van der Waals surface area contributed by atoms with Crippen molar-refractivity contribution < 1.29 is 4.79 Å². The van der Waals surface area contributed by atoms with Gasteiger partial charge < -0.3 is 5.32 Å². The standard InChI is InChI=1S/C8H15N3OS/c1-3-10-8-11(7(12)9-2)5-4-6-13-8/h3-6H2,1-2H3,(H,9,12). The van der Waals surface area contributed by atoms with E-state index in [-0.39, 0.29) is 6.03 Å². The van der Waals surface area contributed by atoms with Crippen LogP contribution in [0.5, 0.6) is 0 Å². The molecule has 0 radical (unpaired) electrons. The Morgan fingerprint density at radius 2 is 2.54 bits per heavy atom. The first-order chi connectivity index (χ1) is 6.29. The van der Waals surface area contributed by atoms with Crippen molar-refractivity contribution in [2.45, 2.75) is 13.3 Å². The molecule has 0 aromatic carbocycles. The molecule has 0 bridgehead atoms. The lowest BCUT2D eigenvalue weighted by molar-refractivity contribution is 0.223. The summed E-state index contributed by atoms with van der Waals surface area (Å²) in [7, 11) is 1.64. The normalized spacial score (nSPS) is 20.5. The first-order valence-electron chi connectivity index (χ1n) is 4.46. The topological polar surface area (TPSA) is 44.7 Å². The molecule has 1 heterocycles. The predicted octanol–water partition coefficient (Wildman–Crippen LogP) is 1.14. The predicted molar refractivity (Wildman–Crippen MR) is 56.2 cm³/mol. The zero-order valence-electron chi connectivity index (χ0n) is 8.04. The summed E-state index contributed by atoms with van der Waals surface area (Å²) in [4.78, 5) is 17.4. The Hall–Kier alpha value is -0.710. The minimum Gasteiger partial charge on any atom is -0.341 e. The Kier molecular flexibility index (Phi) is 4.08. The minimum atomic E-state index is -0.0561. The lowest BCUT2D eigenvalue weighted by Gasteiger charge is -2.27. The highest BCUT2D eigenvalue weighted by atomic mass is 32.2. The van der Waals surface area contributed by atoms with E-state index in [1.54, 1.807) is 23.7 Å². The molecule has 1 saturated heterocycles. The summed E-state index contributed by atoms with van der Waals surface area (Å²) < 4.78 is 0. The van der Waals surface area contributed by atoms with Crippen LogP contribution in [0, 0.1) is 0 Å². The molecule has 13 heavy (non-hydrogen) atoms. The van der Waals surface area contributed by atoms with Crippen LogP contribution in [-0.4, -0.2) is 42.0 Å². The second-order valence-electron chi connectivity index (χ2n) is 2.67. The third kappa shape index (κ3) is 2.62. The molecule has 1 aliphatic rings. The number of rotatable bonds is 1. The molecule has 1 rings (SSSR count). The Bertz CT molecular complexity index is 217. The number of hydrogen-bond donors (Lipinski definition) is 1. The summed E-state index contributed by atoms with van der Waals surface area (Å²) >= 11 is 1.65. The molecule has 0 aliphatic carbocycles. The molecule has 1 aliphatic heterocycles. The van der Waals surface area contributed by atoms with Crippen molar-refractivity contribution in [1.29, 1.82) is 0 Å². The van der Waals surface area contributed by atoms with E-state index in [9.17, 15) is 4.79 Å². The van der Waals surface area contributed by atoms with Gasteiger partial charge in [-0.25, -0.2) is 4.79 Å². The highest BCUT2D eigenvalue weighted by Crippen LogP contribution is 2.17. The maximum Gasteiger partial charge on any atom is 0.323 e.